The second-order valence-electron chi connectivity index (χ2n) is 7.23. The van der Waals surface area contributed by atoms with E-state index in [1.807, 2.05) is 13.0 Å². The average Bonchev–Trinajstić information content (AvgIpc) is 2.99. The largest absolute Gasteiger partial charge is 0.508 e. The van der Waals surface area contributed by atoms with Gasteiger partial charge in [0.15, 0.2) is 5.60 Å². The molecule has 0 radical (unpaired) electrons. The van der Waals surface area contributed by atoms with Crippen LogP contribution in [0.4, 0.5) is 0 Å². The normalized spacial score (nSPS) is 20.2. The van der Waals surface area contributed by atoms with Crippen molar-refractivity contribution in [2.75, 3.05) is 0 Å². The van der Waals surface area contributed by atoms with E-state index in [1.165, 1.54) is 6.92 Å². The van der Waals surface area contributed by atoms with E-state index in [2.05, 4.69) is 4.98 Å². The summed E-state index contributed by atoms with van der Waals surface area (Å²) in [6.45, 7) is 3.34. The third-order valence-corrected chi connectivity index (χ3v) is 5.56. The van der Waals surface area contributed by atoms with Crippen molar-refractivity contribution < 1.29 is 19.7 Å². The minimum absolute atomic E-state index is 0.151. The number of hydrogen-bond acceptors (Lipinski definition) is 6. The zero-order valence-electron chi connectivity index (χ0n) is 14.7. The third-order valence-electron chi connectivity index (χ3n) is 5.56. The molecule has 0 saturated carbocycles. The standard InChI is InChI=1S/C20H16N2O5/c1-9-11-5-10-7-22-15(17(10)21-14(11)3-4-16(9)23)6-13-12(18(22)24)8-27-19(25)20(13,2)26/h3-6,23,26H,7-8H2,1-2H3/t20-/m0/s1. The highest BCUT2D eigenvalue weighted by molar-refractivity contribution is 5.89. The molecule has 27 heavy (non-hydrogen) atoms. The van der Waals surface area contributed by atoms with E-state index in [-0.39, 0.29) is 29.0 Å². The summed E-state index contributed by atoms with van der Waals surface area (Å²) >= 11 is 0. The second-order valence-corrected chi connectivity index (χ2v) is 7.23. The van der Waals surface area contributed by atoms with Gasteiger partial charge in [-0.3, -0.25) is 4.79 Å². The summed E-state index contributed by atoms with van der Waals surface area (Å²) in [6.07, 6.45) is 0. The summed E-state index contributed by atoms with van der Waals surface area (Å²) in [5, 5.41) is 21.3. The number of carbonyl (C=O) groups excluding carboxylic acids is 1. The van der Waals surface area contributed by atoms with Crippen molar-refractivity contribution in [2.24, 2.45) is 0 Å². The number of carbonyl (C=O) groups is 1. The number of aromatic hydroxyl groups is 1. The number of nitrogens with zero attached hydrogens (tertiary/aromatic N) is 2. The van der Waals surface area contributed by atoms with Crippen molar-refractivity contribution in [3.05, 3.63) is 56.9 Å². The van der Waals surface area contributed by atoms with Crippen LogP contribution in [0.1, 0.15) is 29.2 Å². The number of pyridine rings is 2. The number of esters is 1. The molecule has 2 aliphatic heterocycles. The summed E-state index contributed by atoms with van der Waals surface area (Å²) in [6, 6.07) is 6.91. The molecule has 0 fully saturated rings. The molecule has 136 valence electrons. The maximum absolute atomic E-state index is 13.0. The van der Waals surface area contributed by atoms with Gasteiger partial charge in [0.25, 0.3) is 5.56 Å². The molecule has 0 saturated heterocycles. The molecular weight excluding hydrogens is 348 g/mol. The SMILES string of the molecule is Cc1c(O)ccc2nc3c(cc12)Cn1c-3cc2c(c1=O)COC(=O)[C@@]2(C)O. The molecule has 1 aromatic carbocycles. The van der Waals surface area contributed by atoms with E-state index < -0.39 is 11.6 Å². The van der Waals surface area contributed by atoms with Gasteiger partial charge in [0.05, 0.1) is 29.0 Å². The Morgan fingerprint density at radius 2 is 2.04 bits per heavy atom. The van der Waals surface area contributed by atoms with E-state index in [4.69, 9.17) is 4.74 Å². The number of aliphatic hydroxyl groups is 1. The summed E-state index contributed by atoms with van der Waals surface area (Å²) in [5.41, 5.74) is 1.88. The number of aryl methyl sites for hydroxylation is 1. The Kier molecular flexibility index (Phi) is 2.94. The topological polar surface area (TPSA) is 102 Å². The zero-order valence-corrected chi connectivity index (χ0v) is 14.7. The van der Waals surface area contributed by atoms with Gasteiger partial charge in [-0.25, -0.2) is 9.78 Å². The molecule has 2 N–H and O–H groups in total. The molecule has 7 nitrogen and oxygen atoms in total. The quantitative estimate of drug-likeness (QED) is 0.461. The van der Waals surface area contributed by atoms with Crippen LogP contribution < -0.4 is 5.56 Å². The maximum Gasteiger partial charge on any atom is 0.342 e. The van der Waals surface area contributed by atoms with Crippen LogP contribution >= 0.6 is 0 Å². The number of phenols is 1. The lowest BCUT2D eigenvalue weighted by atomic mass is 9.90. The van der Waals surface area contributed by atoms with Crippen LogP contribution in [0.25, 0.3) is 22.3 Å². The van der Waals surface area contributed by atoms with Crippen molar-refractivity contribution in [2.45, 2.75) is 32.6 Å². The van der Waals surface area contributed by atoms with Gasteiger partial charge in [-0.05, 0) is 38.1 Å². The van der Waals surface area contributed by atoms with Gasteiger partial charge >= 0.3 is 5.97 Å². The van der Waals surface area contributed by atoms with E-state index in [0.29, 0.717) is 23.4 Å². The van der Waals surface area contributed by atoms with Crippen LogP contribution in [0.15, 0.2) is 29.1 Å². The molecular formula is C20H16N2O5. The van der Waals surface area contributed by atoms with Crippen LogP contribution in [0.5, 0.6) is 5.75 Å². The first-order chi connectivity index (χ1) is 12.8. The molecule has 0 amide bonds. The molecule has 5 rings (SSSR count). The second kappa shape index (κ2) is 4.95. The number of benzene rings is 1. The molecule has 7 heteroatoms. The summed E-state index contributed by atoms with van der Waals surface area (Å²) < 4.78 is 6.57. The highest BCUT2D eigenvalue weighted by atomic mass is 16.6. The molecule has 0 aliphatic carbocycles. The first-order valence-corrected chi connectivity index (χ1v) is 8.58. The van der Waals surface area contributed by atoms with E-state index in [9.17, 15) is 19.8 Å². The van der Waals surface area contributed by atoms with E-state index >= 15 is 0 Å². The molecule has 0 unspecified atom stereocenters. The fourth-order valence-electron chi connectivity index (χ4n) is 3.93. The van der Waals surface area contributed by atoms with E-state index in [1.54, 1.807) is 22.8 Å². The van der Waals surface area contributed by atoms with Crippen LogP contribution in [-0.2, 0) is 28.3 Å². The van der Waals surface area contributed by atoms with E-state index in [0.717, 1.165) is 16.5 Å². The predicted molar refractivity (Wildman–Crippen MR) is 96.3 cm³/mol. The van der Waals surface area contributed by atoms with Gasteiger partial charge in [0, 0.05) is 22.1 Å². The third kappa shape index (κ3) is 1.97. The Hall–Kier alpha value is -3.19. The van der Waals surface area contributed by atoms with Crippen molar-refractivity contribution in [3.8, 4) is 17.1 Å². The van der Waals surface area contributed by atoms with Crippen molar-refractivity contribution in [1.82, 2.24) is 9.55 Å². The Labute approximate surface area is 153 Å². The molecule has 0 spiro atoms. The molecule has 4 heterocycles. The number of cyclic esters (lactones) is 1. The first kappa shape index (κ1) is 16.0. The monoisotopic (exact) mass is 364 g/mol. The molecule has 2 aliphatic rings. The lowest BCUT2D eigenvalue weighted by molar-refractivity contribution is -0.169. The summed E-state index contributed by atoms with van der Waals surface area (Å²) in [4.78, 5) is 29.6. The maximum atomic E-state index is 13.0. The van der Waals surface area contributed by atoms with Gasteiger partial charge in [-0.15, -0.1) is 0 Å². The number of rotatable bonds is 0. The minimum atomic E-state index is -1.87. The van der Waals surface area contributed by atoms with Crippen molar-refractivity contribution >= 4 is 16.9 Å². The van der Waals surface area contributed by atoms with Gasteiger partial charge in [-0.2, -0.15) is 0 Å². The number of ether oxygens (including phenoxy) is 1. The molecule has 1 atom stereocenters. The van der Waals surface area contributed by atoms with Crippen LogP contribution in [-0.4, -0.2) is 25.7 Å². The Balaban J connectivity index is 1.81. The summed E-state index contributed by atoms with van der Waals surface area (Å²) in [7, 11) is 0. The van der Waals surface area contributed by atoms with Gasteiger partial charge in [-0.1, -0.05) is 0 Å². The highest BCUT2D eigenvalue weighted by Crippen LogP contribution is 2.38. The average molecular weight is 364 g/mol. The zero-order chi connectivity index (χ0) is 19.1. The molecule has 0 bridgehead atoms. The Morgan fingerprint density at radius 1 is 1.26 bits per heavy atom. The number of phenolic OH excluding ortho intramolecular Hbond substituents is 1. The van der Waals surface area contributed by atoms with Crippen LogP contribution in [0, 0.1) is 6.92 Å². The number of fused-ring (bicyclic) bond motifs is 5. The highest BCUT2D eigenvalue weighted by Gasteiger charge is 2.42. The fourth-order valence-corrected chi connectivity index (χ4v) is 3.93. The first-order valence-electron chi connectivity index (χ1n) is 8.58. The predicted octanol–water partition coefficient (Wildman–Crippen LogP) is 1.70. The summed E-state index contributed by atoms with van der Waals surface area (Å²) in [5.74, 6) is -0.575. The fraction of sp³-hybridized carbons (Fsp3) is 0.250. The van der Waals surface area contributed by atoms with Crippen LogP contribution in [0.3, 0.4) is 0 Å². The molecule has 3 aromatic rings. The van der Waals surface area contributed by atoms with Crippen molar-refractivity contribution in [3.63, 3.8) is 0 Å². The van der Waals surface area contributed by atoms with Gasteiger partial charge in [0.1, 0.15) is 12.4 Å². The van der Waals surface area contributed by atoms with Gasteiger partial charge in [0.2, 0.25) is 0 Å². The number of aromatic nitrogens is 2. The van der Waals surface area contributed by atoms with Crippen molar-refractivity contribution in [1.29, 1.82) is 0 Å². The number of hydrogen-bond donors (Lipinski definition) is 2. The van der Waals surface area contributed by atoms with Crippen LogP contribution in [0.2, 0.25) is 0 Å². The lowest BCUT2D eigenvalue weighted by Gasteiger charge is -2.29. The smallest absolute Gasteiger partial charge is 0.342 e. The Morgan fingerprint density at radius 3 is 2.81 bits per heavy atom. The van der Waals surface area contributed by atoms with Gasteiger partial charge < -0.3 is 19.5 Å². The minimum Gasteiger partial charge on any atom is -0.508 e. The lowest BCUT2D eigenvalue weighted by Crippen LogP contribution is -2.42. The Bertz CT molecular complexity index is 1240. The molecule has 2 aromatic heterocycles.